The Kier molecular flexibility index (Phi) is 2.72. The minimum Gasteiger partial charge on any atom is -0.396 e. The highest BCUT2D eigenvalue weighted by Gasteiger charge is 2.51. The van der Waals surface area contributed by atoms with E-state index in [4.69, 9.17) is 0 Å². The van der Waals surface area contributed by atoms with Crippen LogP contribution < -0.4 is 0 Å². The van der Waals surface area contributed by atoms with Crippen LogP contribution in [0.4, 0.5) is 8.63 Å². The summed E-state index contributed by atoms with van der Waals surface area (Å²) in [5, 5.41) is 0. The second kappa shape index (κ2) is 4.40. The van der Waals surface area contributed by atoms with Crippen LogP contribution in [-0.2, 0) is 0 Å². The lowest BCUT2D eigenvalue weighted by atomic mass is 9.86. The second-order valence-corrected chi connectivity index (χ2v) is 6.32. The fourth-order valence-electron chi connectivity index (χ4n) is 2.96. The zero-order valence-corrected chi connectivity index (χ0v) is 13.0. The zero-order valence-electron chi connectivity index (χ0n) is 10.9. The van der Waals surface area contributed by atoms with E-state index in [0.29, 0.717) is 11.4 Å². The number of hydrogen-bond donors (Lipinski definition) is 0. The van der Waals surface area contributed by atoms with Gasteiger partial charge < -0.3 is 17.6 Å². The van der Waals surface area contributed by atoms with Gasteiger partial charge in [-0.3, -0.25) is 0 Å². The number of nitrogens with zero attached hydrogens (tertiary/aromatic N) is 2. The Labute approximate surface area is 134 Å². The maximum absolute atomic E-state index is 14.6. The van der Waals surface area contributed by atoms with Crippen molar-refractivity contribution in [3.8, 4) is 0 Å². The molecule has 0 amide bonds. The number of allylic oxidation sites excluding steroid dienone is 2. The molecule has 2 aliphatic heterocycles. The number of fused-ring (bicyclic) bond motifs is 2. The summed E-state index contributed by atoms with van der Waals surface area (Å²) < 4.78 is 32.4. The highest BCUT2D eigenvalue weighted by molar-refractivity contribution is 14.1. The summed E-state index contributed by atoms with van der Waals surface area (Å²) in [5.74, 6) is 0. The van der Waals surface area contributed by atoms with Crippen LogP contribution in [0.1, 0.15) is 11.3 Å². The van der Waals surface area contributed by atoms with Gasteiger partial charge in [-0.25, -0.2) is 0 Å². The molecule has 0 radical (unpaired) electrons. The number of halogens is 3. The third kappa shape index (κ3) is 1.78. The monoisotopic (exact) mass is 394 g/mol. The number of benzene rings is 1. The number of aromatic nitrogens is 1. The molecule has 1 aromatic heterocycles. The smallest absolute Gasteiger partial charge is 0.396 e. The van der Waals surface area contributed by atoms with Crippen molar-refractivity contribution in [3.05, 3.63) is 75.3 Å². The van der Waals surface area contributed by atoms with E-state index < -0.39 is 6.97 Å². The molecule has 2 nitrogen and oxygen atoms in total. The molecular weight excluding hydrogens is 384 g/mol. The molecule has 6 heteroatoms. The van der Waals surface area contributed by atoms with Crippen LogP contribution in [0.2, 0.25) is 0 Å². The molecule has 0 spiro atoms. The third-order valence-electron chi connectivity index (χ3n) is 3.85. The summed E-state index contributed by atoms with van der Waals surface area (Å²) >= 11 is 2.23. The quantitative estimate of drug-likeness (QED) is 0.515. The third-order valence-corrected chi connectivity index (χ3v) is 4.52. The lowest BCUT2D eigenvalue weighted by Gasteiger charge is -2.30. The molecule has 2 aliphatic rings. The van der Waals surface area contributed by atoms with Gasteiger partial charge in [0.05, 0.1) is 5.57 Å². The molecule has 0 aliphatic carbocycles. The highest BCUT2D eigenvalue weighted by Crippen LogP contribution is 2.38. The Balaban J connectivity index is 2.06. The van der Waals surface area contributed by atoms with Gasteiger partial charge in [0.1, 0.15) is 6.21 Å². The van der Waals surface area contributed by atoms with E-state index in [0.717, 1.165) is 23.7 Å². The summed E-state index contributed by atoms with van der Waals surface area (Å²) in [6.07, 6.45) is 6.32. The van der Waals surface area contributed by atoms with Gasteiger partial charge in [0.25, 0.3) is 0 Å². The minimum atomic E-state index is -3.81. The normalized spacial score (nSPS) is 18.5. The minimum absolute atomic E-state index is 0.563. The standard InChI is InChI=1S/C15H10BF2IN2/c17-16(18)20-8-2-6-13(20)15(14-7-3-9-21(14)16)11-4-1-5-12(19)10-11/h1-10H. The van der Waals surface area contributed by atoms with Crippen molar-refractivity contribution in [2.75, 3.05) is 0 Å². The summed E-state index contributed by atoms with van der Waals surface area (Å²) in [6, 6.07) is 11.3. The first kappa shape index (κ1) is 13.0. The van der Waals surface area contributed by atoms with Gasteiger partial charge in [-0.2, -0.15) is 0 Å². The molecule has 104 valence electrons. The van der Waals surface area contributed by atoms with Crippen LogP contribution >= 0.6 is 22.6 Å². The molecule has 1 aromatic carbocycles. The Bertz CT molecular complexity index is 849. The fraction of sp³-hybridized carbons (Fsp3) is 0. The first-order chi connectivity index (χ1) is 10.1. The molecule has 0 saturated carbocycles. The SMILES string of the molecule is F[B-]1(F)n2cccc2C(c2cccc(I)c2)=C2C=CC=[N+]21. The summed E-state index contributed by atoms with van der Waals surface area (Å²) in [6.45, 7) is -3.81. The van der Waals surface area contributed by atoms with Gasteiger partial charge in [-0.1, -0.05) is 12.1 Å². The van der Waals surface area contributed by atoms with Crippen molar-refractivity contribution in [3.63, 3.8) is 0 Å². The van der Waals surface area contributed by atoms with E-state index in [2.05, 4.69) is 22.6 Å². The van der Waals surface area contributed by atoms with E-state index in [1.807, 2.05) is 24.3 Å². The highest BCUT2D eigenvalue weighted by atomic mass is 127. The lowest BCUT2D eigenvalue weighted by molar-refractivity contribution is -0.356. The zero-order chi connectivity index (χ0) is 14.6. The molecule has 4 rings (SSSR count). The van der Waals surface area contributed by atoms with Crippen molar-refractivity contribution in [1.29, 1.82) is 0 Å². The predicted molar refractivity (Wildman–Crippen MR) is 88.4 cm³/mol. The number of hydrogen-bond acceptors (Lipinski definition) is 0. The van der Waals surface area contributed by atoms with Crippen LogP contribution in [0.15, 0.2) is 60.4 Å². The van der Waals surface area contributed by atoms with Crippen molar-refractivity contribution in [1.82, 2.24) is 4.48 Å². The molecule has 0 fully saturated rings. The van der Waals surface area contributed by atoms with Crippen LogP contribution in [-0.4, -0.2) is 22.1 Å². The molecular formula is C15H10BF2IN2. The molecule has 0 N–H and O–H groups in total. The van der Waals surface area contributed by atoms with Crippen molar-refractivity contribution < 1.29 is 13.1 Å². The maximum atomic E-state index is 14.6. The topological polar surface area (TPSA) is 7.94 Å². The van der Waals surface area contributed by atoms with Crippen molar-refractivity contribution in [2.24, 2.45) is 0 Å². The van der Waals surface area contributed by atoms with E-state index >= 15 is 0 Å². The van der Waals surface area contributed by atoms with Gasteiger partial charge in [-0.05, 0) is 58.6 Å². The van der Waals surface area contributed by atoms with Crippen LogP contribution in [0.3, 0.4) is 0 Å². The van der Waals surface area contributed by atoms with E-state index in [9.17, 15) is 8.63 Å². The Morgan fingerprint density at radius 3 is 2.81 bits per heavy atom. The fourth-order valence-corrected chi connectivity index (χ4v) is 3.50. The van der Waals surface area contributed by atoms with Crippen LogP contribution in [0, 0.1) is 3.57 Å². The first-order valence-electron chi connectivity index (χ1n) is 6.59. The Hall–Kier alpha value is -1.70. The lowest BCUT2D eigenvalue weighted by Crippen LogP contribution is -2.49. The molecule has 0 bridgehead atoms. The molecule has 0 unspecified atom stereocenters. The molecule has 0 saturated heterocycles. The summed E-state index contributed by atoms with van der Waals surface area (Å²) in [4.78, 5) is 0. The van der Waals surface area contributed by atoms with E-state index in [1.54, 1.807) is 24.3 Å². The molecule has 21 heavy (non-hydrogen) atoms. The van der Waals surface area contributed by atoms with Crippen molar-refractivity contribution >= 4 is 41.3 Å². The largest absolute Gasteiger partial charge is 0.737 e. The molecule has 0 atom stereocenters. The number of rotatable bonds is 1. The first-order valence-corrected chi connectivity index (χ1v) is 7.67. The van der Waals surface area contributed by atoms with Crippen molar-refractivity contribution in [2.45, 2.75) is 0 Å². The van der Waals surface area contributed by atoms with Gasteiger partial charge in [0.2, 0.25) is 0 Å². The van der Waals surface area contributed by atoms with Gasteiger partial charge in [0, 0.05) is 21.4 Å². The Morgan fingerprint density at radius 1 is 1.14 bits per heavy atom. The Morgan fingerprint density at radius 2 is 2.00 bits per heavy atom. The molecule has 2 aromatic rings. The second-order valence-electron chi connectivity index (χ2n) is 5.08. The maximum Gasteiger partial charge on any atom is 0.737 e. The predicted octanol–water partition coefficient (Wildman–Crippen LogP) is 3.74. The molecule has 3 heterocycles. The average Bonchev–Trinajstić information content (AvgIpc) is 3.08. The van der Waals surface area contributed by atoms with E-state index in [1.165, 1.54) is 12.4 Å². The van der Waals surface area contributed by atoms with Crippen LogP contribution in [0.25, 0.3) is 5.57 Å². The summed E-state index contributed by atoms with van der Waals surface area (Å²) in [7, 11) is 0. The summed E-state index contributed by atoms with van der Waals surface area (Å²) in [5.41, 5.74) is 2.92. The van der Waals surface area contributed by atoms with E-state index in [-0.39, 0.29) is 0 Å². The van der Waals surface area contributed by atoms with Gasteiger partial charge in [0.15, 0.2) is 5.70 Å². The average molecular weight is 394 g/mol. The van der Waals surface area contributed by atoms with Crippen LogP contribution in [0.5, 0.6) is 0 Å². The van der Waals surface area contributed by atoms with Gasteiger partial charge in [-0.15, -0.1) is 0 Å². The van der Waals surface area contributed by atoms with Gasteiger partial charge >= 0.3 is 6.97 Å².